The molecule has 2 amide bonds. The SMILES string of the molecule is CC(CCC(=O)O)NC(=O)[C@@H]1CCCCC[C@@H]1NC(=O)OCC1c2ccccc2-c2ccccc21. The minimum atomic E-state index is -0.879. The molecule has 2 aromatic carbocycles. The number of hydrogen-bond acceptors (Lipinski definition) is 4. The molecule has 7 nitrogen and oxygen atoms in total. The number of ether oxygens (including phenoxy) is 1. The Morgan fingerprint density at radius 1 is 0.971 bits per heavy atom. The third-order valence-electron chi connectivity index (χ3n) is 7.18. The number of carboxylic acids is 1. The molecule has 1 saturated carbocycles. The highest BCUT2D eigenvalue weighted by atomic mass is 16.5. The Balaban J connectivity index is 1.37. The largest absolute Gasteiger partial charge is 0.481 e. The number of aliphatic carboxylic acids is 1. The fourth-order valence-corrected chi connectivity index (χ4v) is 5.35. The van der Waals surface area contributed by atoms with Crippen LogP contribution in [0.15, 0.2) is 48.5 Å². The van der Waals surface area contributed by atoms with Crippen LogP contribution in [0.3, 0.4) is 0 Å². The topological polar surface area (TPSA) is 105 Å². The molecule has 0 radical (unpaired) electrons. The summed E-state index contributed by atoms with van der Waals surface area (Å²) in [6.45, 7) is 2.04. The van der Waals surface area contributed by atoms with Gasteiger partial charge in [-0.3, -0.25) is 9.59 Å². The first-order valence-electron chi connectivity index (χ1n) is 12.6. The molecule has 4 rings (SSSR count). The summed E-state index contributed by atoms with van der Waals surface area (Å²) in [4.78, 5) is 36.7. The first-order valence-corrected chi connectivity index (χ1v) is 12.6. The van der Waals surface area contributed by atoms with Crippen molar-refractivity contribution in [2.24, 2.45) is 5.92 Å². The van der Waals surface area contributed by atoms with Crippen molar-refractivity contribution in [1.82, 2.24) is 10.6 Å². The number of fused-ring (bicyclic) bond motifs is 3. The van der Waals surface area contributed by atoms with Crippen LogP contribution in [0, 0.1) is 5.92 Å². The molecular formula is C28H34N2O5. The molecule has 3 N–H and O–H groups in total. The average molecular weight is 479 g/mol. The van der Waals surface area contributed by atoms with Crippen LogP contribution in [0.1, 0.15) is 68.9 Å². The summed E-state index contributed by atoms with van der Waals surface area (Å²) in [6.07, 6.45) is 4.15. The number of carboxylic acid groups (broad SMARTS) is 1. The van der Waals surface area contributed by atoms with Crippen LogP contribution in [0.25, 0.3) is 11.1 Å². The molecule has 0 aliphatic heterocycles. The maximum Gasteiger partial charge on any atom is 0.407 e. The number of carbonyl (C=O) groups excluding carboxylic acids is 2. The maximum atomic E-state index is 13.0. The van der Waals surface area contributed by atoms with Gasteiger partial charge in [-0.25, -0.2) is 4.79 Å². The van der Waals surface area contributed by atoms with Gasteiger partial charge in [0.1, 0.15) is 6.61 Å². The minimum absolute atomic E-state index is 0.00748. The van der Waals surface area contributed by atoms with E-state index in [9.17, 15) is 14.4 Å². The van der Waals surface area contributed by atoms with Gasteiger partial charge in [0.25, 0.3) is 0 Å². The molecule has 35 heavy (non-hydrogen) atoms. The van der Waals surface area contributed by atoms with Crippen molar-refractivity contribution in [2.45, 2.75) is 69.9 Å². The first-order chi connectivity index (χ1) is 16.9. The van der Waals surface area contributed by atoms with Gasteiger partial charge in [0.2, 0.25) is 5.91 Å². The third-order valence-corrected chi connectivity index (χ3v) is 7.18. The Labute approximate surface area is 206 Å². The summed E-state index contributed by atoms with van der Waals surface area (Å²) >= 11 is 0. The lowest BCUT2D eigenvalue weighted by Crippen LogP contribution is -2.48. The smallest absolute Gasteiger partial charge is 0.407 e. The van der Waals surface area contributed by atoms with E-state index in [1.165, 1.54) is 11.1 Å². The second-order valence-electron chi connectivity index (χ2n) is 9.66. The van der Waals surface area contributed by atoms with E-state index in [0.29, 0.717) is 19.3 Å². The summed E-state index contributed by atoms with van der Waals surface area (Å²) in [5.41, 5.74) is 4.66. The van der Waals surface area contributed by atoms with Crippen LogP contribution in [0.2, 0.25) is 0 Å². The molecule has 2 aliphatic carbocycles. The van der Waals surface area contributed by atoms with E-state index in [1.807, 2.05) is 31.2 Å². The zero-order chi connectivity index (χ0) is 24.8. The highest BCUT2D eigenvalue weighted by Crippen LogP contribution is 2.44. The van der Waals surface area contributed by atoms with E-state index < -0.39 is 12.1 Å². The number of rotatable bonds is 8. The van der Waals surface area contributed by atoms with E-state index in [1.54, 1.807) is 0 Å². The molecule has 0 saturated heterocycles. The Kier molecular flexibility index (Phi) is 8.06. The zero-order valence-electron chi connectivity index (χ0n) is 20.2. The molecule has 0 spiro atoms. The lowest BCUT2D eigenvalue weighted by Gasteiger charge is -2.27. The van der Waals surface area contributed by atoms with Crippen LogP contribution in [-0.4, -0.2) is 41.8 Å². The molecule has 7 heteroatoms. The van der Waals surface area contributed by atoms with Crippen molar-refractivity contribution in [2.75, 3.05) is 6.61 Å². The van der Waals surface area contributed by atoms with Gasteiger partial charge in [0, 0.05) is 24.4 Å². The second kappa shape index (κ2) is 11.4. The minimum Gasteiger partial charge on any atom is -0.481 e. The molecule has 3 atom stereocenters. The molecule has 2 aliphatic rings. The van der Waals surface area contributed by atoms with Crippen molar-refractivity contribution in [3.05, 3.63) is 59.7 Å². The fourth-order valence-electron chi connectivity index (χ4n) is 5.35. The number of benzene rings is 2. The molecular weight excluding hydrogens is 444 g/mol. The van der Waals surface area contributed by atoms with Crippen molar-refractivity contribution in [3.63, 3.8) is 0 Å². The molecule has 0 bridgehead atoms. The highest BCUT2D eigenvalue weighted by molar-refractivity contribution is 5.81. The predicted molar refractivity (Wildman–Crippen MR) is 133 cm³/mol. The van der Waals surface area contributed by atoms with Crippen LogP contribution in [0.4, 0.5) is 4.79 Å². The van der Waals surface area contributed by atoms with E-state index in [0.717, 1.165) is 30.4 Å². The van der Waals surface area contributed by atoms with E-state index in [-0.39, 0.29) is 42.9 Å². The summed E-state index contributed by atoms with van der Waals surface area (Å²) in [6, 6.07) is 15.9. The summed E-state index contributed by atoms with van der Waals surface area (Å²) in [7, 11) is 0. The van der Waals surface area contributed by atoms with Gasteiger partial charge >= 0.3 is 12.1 Å². The van der Waals surface area contributed by atoms with Gasteiger partial charge in [-0.2, -0.15) is 0 Å². The Morgan fingerprint density at radius 3 is 2.26 bits per heavy atom. The van der Waals surface area contributed by atoms with Crippen molar-refractivity contribution < 1.29 is 24.2 Å². The predicted octanol–water partition coefficient (Wildman–Crippen LogP) is 4.84. The van der Waals surface area contributed by atoms with Crippen molar-refractivity contribution in [1.29, 1.82) is 0 Å². The quantitative estimate of drug-likeness (QED) is 0.471. The third kappa shape index (κ3) is 6.02. The number of carbonyl (C=O) groups is 3. The summed E-state index contributed by atoms with van der Waals surface area (Å²) in [5.74, 6) is -1.38. The number of hydrogen-bond donors (Lipinski definition) is 3. The Hall–Kier alpha value is -3.35. The lowest BCUT2D eigenvalue weighted by atomic mass is 9.93. The monoisotopic (exact) mass is 478 g/mol. The molecule has 1 fully saturated rings. The summed E-state index contributed by atoms with van der Waals surface area (Å²) < 4.78 is 5.71. The van der Waals surface area contributed by atoms with Gasteiger partial charge in [0.05, 0.1) is 5.92 Å². The lowest BCUT2D eigenvalue weighted by molar-refractivity contribution is -0.137. The highest BCUT2D eigenvalue weighted by Gasteiger charge is 2.33. The molecule has 186 valence electrons. The van der Waals surface area contributed by atoms with E-state index in [2.05, 4.69) is 34.9 Å². The maximum absolute atomic E-state index is 13.0. The standard InChI is InChI=1S/C28H34N2O5/c1-18(15-16-26(31)32)29-27(33)23-13-3-2-4-14-25(23)30-28(34)35-17-24-21-11-7-5-9-19(21)20-10-6-8-12-22(20)24/h5-12,18,23-25H,2-4,13-17H2,1H3,(H,29,33)(H,30,34)(H,31,32)/t18?,23-,25+/m1/s1. The number of nitrogens with one attached hydrogen (secondary N) is 2. The fraction of sp³-hybridized carbons (Fsp3) is 0.464. The molecule has 0 aromatic heterocycles. The van der Waals surface area contributed by atoms with Gasteiger partial charge in [-0.05, 0) is 48.4 Å². The second-order valence-corrected chi connectivity index (χ2v) is 9.66. The van der Waals surface area contributed by atoms with Crippen molar-refractivity contribution >= 4 is 18.0 Å². The zero-order valence-corrected chi connectivity index (χ0v) is 20.2. The molecule has 1 unspecified atom stereocenters. The van der Waals surface area contributed by atoms with Gasteiger partial charge in [-0.1, -0.05) is 67.8 Å². The van der Waals surface area contributed by atoms with Crippen LogP contribution in [0.5, 0.6) is 0 Å². The van der Waals surface area contributed by atoms with E-state index >= 15 is 0 Å². The van der Waals surface area contributed by atoms with Gasteiger partial charge in [-0.15, -0.1) is 0 Å². The number of amides is 2. The van der Waals surface area contributed by atoms with Crippen LogP contribution >= 0.6 is 0 Å². The van der Waals surface area contributed by atoms with E-state index in [4.69, 9.17) is 9.84 Å². The van der Waals surface area contributed by atoms with Gasteiger partial charge < -0.3 is 20.5 Å². The molecule has 0 heterocycles. The Bertz CT molecular complexity index is 1020. The van der Waals surface area contributed by atoms with Crippen molar-refractivity contribution in [3.8, 4) is 11.1 Å². The van der Waals surface area contributed by atoms with Gasteiger partial charge in [0.15, 0.2) is 0 Å². The van der Waals surface area contributed by atoms with Crippen LogP contribution in [-0.2, 0) is 14.3 Å². The van der Waals surface area contributed by atoms with Crippen LogP contribution < -0.4 is 10.6 Å². The number of alkyl carbamates (subject to hydrolysis) is 1. The average Bonchev–Trinajstić information content (AvgIpc) is 2.97. The normalized spacial score (nSPS) is 20.1. The Morgan fingerprint density at radius 2 is 1.60 bits per heavy atom. The first kappa shape index (κ1) is 24.8. The summed E-state index contributed by atoms with van der Waals surface area (Å²) in [5, 5.41) is 14.8. The molecule has 2 aromatic rings.